The Bertz CT molecular complexity index is 434. The number of likely N-dealkylation sites (N-methyl/N-ethyl adjacent to an activating group) is 1. The van der Waals surface area contributed by atoms with E-state index in [4.69, 9.17) is 9.84 Å². The molecule has 5 heteroatoms. The van der Waals surface area contributed by atoms with Crippen LogP contribution in [0.15, 0.2) is 0 Å². The van der Waals surface area contributed by atoms with Gasteiger partial charge in [-0.3, -0.25) is 9.48 Å². The molecule has 0 bridgehead atoms. The standard InChI is InChI=1S/C25H50N2O3/c1-5-6-7-8-9-10-11-12-13-14-15-16-17-18-19-20-24(26(2)3)27(4)21-22-30-23-25(28)29/h5-23H2,1-4H3/p+1. The van der Waals surface area contributed by atoms with Crippen molar-refractivity contribution in [1.29, 1.82) is 0 Å². The molecule has 0 spiro atoms. The predicted molar refractivity (Wildman–Crippen MR) is 128 cm³/mol. The van der Waals surface area contributed by atoms with E-state index in [-0.39, 0.29) is 6.61 Å². The van der Waals surface area contributed by atoms with Crippen LogP contribution in [0.5, 0.6) is 0 Å². The van der Waals surface area contributed by atoms with Crippen molar-refractivity contribution in [3.63, 3.8) is 0 Å². The molecule has 178 valence electrons. The Hall–Kier alpha value is -1.10. The summed E-state index contributed by atoms with van der Waals surface area (Å²) in [6, 6.07) is 0. The van der Waals surface area contributed by atoms with Gasteiger partial charge >= 0.3 is 5.97 Å². The van der Waals surface area contributed by atoms with Crippen LogP contribution < -0.4 is 0 Å². The molecule has 0 aliphatic carbocycles. The van der Waals surface area contributed by atoms with Gasteiger partial charge in [-0.05, 0) is 6.42 Å². The van der Waals surface area contributed by atoms with Gasteiger partial charge in [0.15, 0.2) is 0 Å². The van der Waals surface area contributed by atoms with Crippen LogP contribution in [0, 0.1) is 0 Å². The van der Waals surface area contributed by atoms with Gasteiger partial charge in [-0.25, -0.2) is 4.79 Å². The Kier molecular flexibility index (Phi) is 20.4. The zero-order valence-electron chi connectivity index (χ0n) is 20.6. The van der Waals surface area contributed by atoms with Crippen molar-refractivity contribution in [2.45, 2.75) is 110 Å². The van der Waals surface area contributed by atoms with Crippen LogP contribution in [0.2, 0.25) is 0 Å². The number of hydrogen-bond acceptors (Lipinski definition) is 2. The molecule has 0 aromatic rings. The maximum absolute atomic E-state index is 10.5. The topological polar surface area (TPSA) is 52.8 Å². The molecule has 0 saturated carbocycles. The average Bonchev–Trinajstić information content (AvgIpc) is 2.70. The lowest BCUT2D eigenvalue weighted by atomic mass is 10.0. The van der Waals surface area contributed by atoms with E-state index in [9.17, 15) is 4.79 Å². The number of carbonyl (C=O) groups is 1. The highest BCUT2D eigenvalue weighted by molar-refractivity contribution is 5.77. The lowest BCUT2D eigenvalue weighted by molar-refractivity contribution is -0.471. The maximum atomic E-state index is 10.5. The second-order valence-electron chi connectivity index (χ2n) is 8.88. The van der Waals surface area contributed by atoms with Crippen LogP contribution in [-0.4, -0.2) is 67.3 Å². The predicted octanol–water partition coefficient (Wildman–Crippen LogP) is 5.95. The van der Waals surface area contributed by atoms with E-state index in [1.54, 1.807) is 0 Å². The first-order valence-electron chi connectivity index (χ1n) is 12.5. The summed E-state index contributed by atoms with van der Waals surface area (Å²) in [6.45, 7) is 3.23. The minimum absolute atomic E-state index is 0.218. The average molecular weight is 428 g/mol. The molecule has 0 saturated heterocycles. The van der Waals surface area contributed by atoms with Crippen molar-refractivity contribution in [2.24, 2.45) is 0 Å². The van der Waals surface area contributed by atoms with Crippen LogP contribution in [-0.2, 0) is 9.53 Å². The van der Waals surface area contributed by atoms with Crippen LogP contribution in [0.25, 0.3) is 0 Å². The van der Waals surface area contributed by atoms with Gasteiger partial charge in [0.2, 0.25) is 5.84 Å². The van der Waals surface area contributed by atoms with Gasteiger partial charge < -0.3 is 9.84 Å². The van der Waals surface area contributed by atoms with Crippen LogP contribution in [0.1, 0.15) is 110 Å². The fourth-order valence-corrected chi connectivity index (χ4v) is 3.90. The number of rotatable bonds is 21. The maximum Gasteiger partial charge on any atom is 0.329 e. The zero-order valence-corrected chi connectivity index (χ0v) is 20.6. The fraction of sp³-hybridized carbons (Fsp3) is 0.920. The number of carboxylic acid groups (broad SMARTS) is 1. The first-order chi connectivity index (χ1) is 14.5. The summed E-state index contributed by atoms with van der Waals surface area (Å²) in [5, 5.41) is 8.63. The summed E-state index contributed by atoms with van der Waals surface area (Å²) in [5.41, 5.74) is 0. The number of carboxylic acids is 1. The van der Waals surface area contributed by atoms with Gasteiger partial charge in [0.05, 0.1) is 27.7 Å². The van der Waals surface area contributed by atoms with E-state index < -0.39 is 5.97 Å². The molecule has 0 fully saturated rings. The van der Waals surface area contributed by atoms with Gasteiger partial charge in [-0.2, -0.15) is 0 Å². The quantitative estimate of drug-likeness (QED) is 0.106. The first-order valence-corrected chi connectivity index (χ1v) is 12.5. The number of unbranched alkanes of at least 4 members (excludes halogenated alkanes) is 14. The largest absolute Gasteiger partial charge is 0.480 e. The van der Waals surface area contributed by atoms with E-state index >= 15 is 0 Å². The Morgan fingerprint density at radius 2 is 1.23 bits per heavy atom. The second-order valence-corrected chi connectivity index (χ2v) is 8.88. The first kappa shape index (κ1) is 28.9. The normalized spacial score (nSPS) is 10.9. The highest BCUT2D eigenvalue weighted by Gasteiger charge is 2.15. The molecule has 1 N–H and O–H groups in total. The van der Waals surface area contributed by atoms with Gasteiger partial charge in [0.25, 0.3) is 0 Å². The van der Waals surface area contributed by atoms with E-state index in [1.807, 2.05) is 0 Å². The van der Waals surface area contributed by atoms with Gasteiger partial charge in [0, 0.05) is 6.42 Å². The number of hydrogen-bond donors (Lipinski definition) is 1. The summed E-state index contributed by atoms with van der Waals surface area (Å²) < 4.78 is 7.32. The third-order valence-corrected chi connectivity index (χ3v) is 5.76. The van der Waals surface area contributed by atoms with E-state index in [2.05, 4.69) is 37.5 Å². The van der Waals surface area contributed by atoms with Crippen molar-refractivity contribution in [2.75, 3.05) is 40.9 Å². The second kappa shape index (κ2) is 21.1. The number of ether oxygens (including phenoxy) is 1. The Morgan fingerprint density at radius 1 is 0.800 bits per heavy atom. The fourth-order valence-electron chi connectivity index (χ4n) is 3.90. The highest BCUT2D eigenvalue weighted by atomic mass is 16.5. The summed E-state index contributed by atoms with van der Waals surface area (Å²) in [6.07, 6.45) is 21.9. The molecule has 5 nitrogen and oxygen atoms in total. The molecular formula is C25H51N2O3+. The molecule has 0 rings (SSSR count). The number of aliphatic carboxylic acids is 1. The van der Waals surface area contributed by atoms with Crippen molar-refractivity contribution in [3.05, 3.63) is 0 Å². The summed E-state index contributed by atoms with van der Waals surface area (Å²) in [5.74, 6) is 0.385. The van der Waals surface area contributed by atoms with Crippen LogP contribution in [0.3, 0.4) is 0 Å². The monoisotopic (exact) mass is 427 g/mol. The van der Waals surface area contributed by atoms with E-state index in [1.165, 1.54) is 102 Å². The van der Waals surface area contributed by atoms with E-state index in [0.29, 0.717) is 6.61 Å². The van der Waals surface area contributed by atoms with Crippen LogP contribution >= 0.6 is 0 Å². The Balaban J connectivity index is 3.57. The molecular weight excluding hydrogens is 376 g/mol. The Labute approximate surface area is 186 Å². The van der Waals surface area contributed by atoms with Crippen molar-refractivity contribution < 1.29 is 19.2 Å². The number of amidine groups is 1. The van der Waals surface area contributed by atoms with Gasteiger partial charge in [-0.1, -0.05) is 96.8 Å². The lowest BCUT2D eigenvalue weighted by Gasteiger charge is -2.16. The molecule has 0 atom stereocenters. The Morgan fingerprint density at radius 3 is 1.63 bits per heavy atom. The summed E-state index contributed by atoms with van der Waals surface area (Å²) in [4.78, 5) is 12.7. The molecule has 0 heterocycles. The third-order valence-electron chi connectivity index (χ3n) is 5.76. The molecule has 0 aromatic carbocycles. The van der Waals surface area contributed by atoms with Crippen molar-refractivity contribution in [1.82, 2.24) is 4.90 Å². The molecule has 0 radical (unpaired) electrons. The van der Waals surface area contributed by atoms with E-state index in [0.717, 1.165) is 13.0 Å². The molecule has 30 heavy (non-hydrogen) atoms. The van der Waals surface area contributed by atoms with Crippen molar-refractivity contribution in [3.8, 4) is 0 Å². The minimum atomic E-state index is -0.910. The molecule has 0 unspecified atom stereocenters. The van der Waals surface area contributed by atoms with Crippen molar-refractivity contribution >= 4 is 11.8 Å². The number of nitrogens with zero attached hydrogens (tertiary/aromatic N) is 2. The SMILES string of the molecule is CCCCCCCCCCCCCCCCCC(N(C)CCOCC(=O)O)=[N+](C)C. The van der Waals surface area contributed by atoms with Gasteiger partial charge in [-0.15, -0.1) is 0 Å². The molecule has 0 aliphatic rings. The smallest absolute Gasteiger partial charge is 0.329 e. The zero-order chi connectivity index (χ0) is 22.5. The highest BCUT2D eigenvalue weighted by Crippen LogP contribution is 2.14. The summed E-state index contributed by atoms with van der Waals surface area (Å²) in [7, 11) is 6.22. The lowest BCUT2D eigenvalue weighted by Crippen LogP contribution is -2.35. The molecule has 0 aromatic heterocycles. The minimum Gasteiger partial charge on any atom is -0.480 e. The van der Waals surface area contributed by atoms with Gasteiger partial charge in [0.1, 0.15) is 13.2 Å². The molecule has 0 aliphatic heterocycles. The van der Waals surface area contributed by atoms with Crippen LogP contribution in [0.4, 0.5) is 0 Å². The molecule has 0 amide bonds. The summed E-state index contributed by atoms with van der Waals surface area (Å²) >= 11 is 0. The third kappa shape index (κ3) is 18.9.